The second-order valence-corrected chi connectivity index (χ2v) is 4.12. The lowest BCUT2D eigenvalue weighted by Gasteiger charge is -2.25. The van der Waals surface area contributed by atoms with Crippen LogP contribution in [0.5, 0.6) is 0 Å². The van der Waals surface area contributed by atoms with E-state index in [1.54, 1.807) is 7.11 Å². The summed E-state index contributed by atoms with van der Waals surface area (Å²) in [7, 11) is 1.63. The van der Waals surface area contributed by atoms with Gasteiger partial charge in [-0.1, -0.05) is 20.8 Å². The van der Waals surface area contributed by atoms with E-state index in [9.17, 15) is 8.78 Å². The molecule has 0 aromatic heterocycles. The van der Waals surface area contributed by atoms with E-state index < -0.39 is 6.61 Å². The van der Waals surface area contributed by atoms with Gasteiger partial charge in [0, 0.05) is 13.7 Å². The molecule has 0 N–H and O–H groups in total. The lowest BCUT2D eigenvalue weighted by Crippen LogP contribution is -2.25. The molecule has 0 amide bonds. The molecule has 0 spiro atoms. The van der Waals surface area contributed by atoms with E-state index in [1.165, 1.54) is 0 Å². The molecular formula is C11H22F2O2. The number of halogens is 2. The summed E-state index contributed by atoms with van der Waals surface area (Å²) in [5.41, 5.74) is 0. The summed E-state index contributed by atoms with van der Waals surface area (Å²) in [6.07, 6.45) is 0.872. The van der Waals surface area contributed by atoms with Crippen molar-refractivity contribution in [1.82, 2.24) is 0 Å². The molecule has 0 aromatic rings. The van der Waals surface area contributed by atoms with Gasteiger partial charge in [0.15, 0.2) is 0 Å². The van der Waals surface area contributed by atoms with Crippen LogP contribution in [0.2, 0.25) is 0 Å². The van der Waals surface area contributed by atoms with Crippen LogP contribution in [0, 0.1) is 11.8 Å². The molecule has 0 saturated heterocycles. The SMILES string of the molecule is CC[C@@H](C[C@@H](COC)C(C)C)OC(F)F. The Morgan fingerprint density at radius 2 is 1.80 bits per heavy atom. The number of rotatable bonds is 8. The van der Waals surface area contributed by atoms with E-state index in [1.807, 2.05) is 6.92 Å². The van der Waals surface area contributed by atoms with Crippen LogP contribution in [0.15, 0.2) is 0 Å². The molecule has 0 heterocycles. The molecule has 4 heteroatoms. The zero-order chi connectivity index (χ0) is 11.8. The van der Waals surface area contributed by atoms with Gasteiger partial charge in [0.05, 0.1) is 6.10 Å². The van der Waals surface area contributed by atoms with Crippen molar-refractivity contribution in [1.29, 1.82) is 0 Å². The number of hydrogen-bond donors (Lipinski definition) is 0. The van der Waals surface area contributed by atoms with E-state index in [2.05, 4.69) is 18.6 Å². The first-order valence-corrected chi connectivity index (χ1v) is 5.43. The first-order chi connectivity index (χ1) is 7.01. The molecule has 0 bridgehead atoms. The third kappa shape index (κ3) is 6.79. The lowest BCUT2D eigenvalue weighted by atomic mass is 9.90. The molecule has 0 aliphatic rings. The fourth-order valence-electron chi connectivity index (χ4n) is 1.55. The predicted molar refractivity (Wildman–Crippen MR) is 56.0 cm³/mol. The van der Waals surface area contributed by atoms with Crippen molar-refractivity contribution >= 4 is 0 Å². The molecule has 92 valence electrons. The van der Waals surface area contributed by atoms with Gasteiger partial charge in [-0.25, -0.2) is 0 Å². The Morgan fingerprint density at radius 1 is 1.20 bits per heavy atom. The summed E-state index contributed by atoms with van der Waals surface area (Å²) >= 11 is 0. The van der Waals surface area contributed by atoms with Crippen molar-refractivity contribution in [3.05, 3.63) is 0 Å². The van der Waals surface area contributed by atoms with Crippen LogP contribution in [0.4, 0.5) is 8.78 Å². The molecule has 0 aliphatic heterocycles. The second-order valence-electron chi connectivity index (χ2n) is 4.12. The highest BCUT2D eigenvalue weighted by molar-refractivity contribution is 4.68. The van der Waals surface area contributed by atoms with Gasteiger partial charge in [0.25, 0.3) is 0 Å². The van der Waals surface area contributed by atoms with Crippen LogP contribution in [0.3, 0.4) is 0 Å². The van der Waals surface area contributed by atoms with Crippen LogP contribution in [0.25, 0.3) is 0 Å². The maximum Gasteiger partial charge on any atom is 0.345 e. The minimum Gasteiger partial charge on any atom is -0.384 e. The standard InChI is InChI=1S/C11H22F2O2/c1-5-10(15-11(12)13)6-9(7-14-4)8(2)3/h8-11H,5-7H2,1-4H3/t9-,10-/m0/s1. The highest BCUT2D eigenvalue weighted by Crippen LogP contribution is 2.21. The summed E-state index contributed by atoms with van der Waals surface area (Å²) in [5.74, 6) is 0.693. The van der Waals surface area contributed by atoms with E-state index in [0.29, 0.717) is 25.4 Å². The minimum absolute atomic E-state index is 0.277. The molecule has 0 saturated carbocycles. The summed E-state index contributed by atoms with van der Waals surface area (Å²) in [4.78, 5) is 0. The smallest absolute Gasteiger partial charge is 0.345 e. The zero-order valence-electron chi connectivity index (χ0n) is 10.0. The fraction of sp³-hybridized carbons (Fsp3) is 1.00. The molecule has 15 heavy (non-hydrogen) atoms. The Hall–Kier alpha value is -0.220. The Balaban J connectivity index is 4.09. The van der Waals surface area contributed by atoms with E-state index in [0.717, 1.165) is 0 Å². The number of methoxy groups -OCH3 is 1. The molecule has 0 unspecified atom stereocenters. The van der Waals surface area contributed by atoms with E-state index in [-0.39, 0.29) is 12.0 Å². The highest BCUT2D eigenvalue weighted by atomic mass is 19.3. The van der Waals surface area contributed by atoms with Gasteiger partial charge in [-0.15, -0.1) is 0 Å². The largest absolute Gasteiger partial charge is 0.384 e. The van der Waals surface area contributed by atoms with Crippen LogP contribution in [-0.2, 0) is 9.47 Å². The Labute approximate surface area is 90.9 Å². The third-order valence-corrected chi connectivity index (χ3v) is 2.64. The molecule has 0 rings (SSSR count). The van der Waals surface area contributed by atoms with Gasteiger partial charge in [-0.2, -0.15) is 8.78 Å². The molecule has 2 atom stereocenters. The summed E-state index contributed by atoms with van der Waals surface area (Å²) in [6.45, 7) is 3.92. The molecule has 0 fully saturated rings. The number of hydrogen-bond acceptors (Lipinski definition) is 2. The van der Waals surface area contributed by atoms with Crippen LogP contribution in [0.1, 0.15) is 33.6 Å². The first-order valence-electron chi connectivity index (χ1n) is 5.43. The average Bonchev–Trinajstić information content (AvgIpc) is 2.14. The van der Waals surface area contributed by atoms with Crippen LogP contribution >= 0.6 is 0 Å². The zero-order valence-corrected chi connectivity index (χ0v) is 10.0. The van der Waals surface area contributed by atoms with Crippen LogP contribution < -0.4 is 0 Å². The van der Waals surface area contributed by atoms with Gasteiger partial charge < -0.3 is 9.47 Å². The molecule has 0 aliphatic carbocycles. The predicted octanol–water partition coefficient (Wildman–Crippen LogP) is 3.31. The quantitative estimate of drug-likeness (QED) is 0.629. The summed E-state index contributed by atoms with van der Waals surface area (Å²) in [5, 5.41) is 0. The second kappa shape index (κ2) is 7.99. The highest BCUT2D eigenvalue weighted by Gasteiger charge is 2.21. The fourth-order valence-corrected chi connectivity index (χ4v) is 1.55. The number of ether oxygens (including phenoxy) is 2. The molecular weight excluding hydrogens is 202 g/mol. The molecule has 0 radical (unpaired) electrons. The third-order valence-electron chi connectivity index (χ3n) is 2.64. The van der Waals surface area contributed by atoms with Crippen molar-refractivity contribution in [2.75, 3.05) is 13.7 Å². The van der Waals surface area contributed by atoms with Crippen molar-refractivity contribution in [2.45, 2.75) is 46.3 Å². The Morgan fingerprint density at radius 3 is 2.13 bits per heavy atom. The van der Waals surface area contributed by atoms with Crippen molar-refractivity contribution in [3.63, 3.8) is 0 Å². The monoisotopic (exact) mass is 224 g/mol. The van der Waals surface area contributed by atoms with Crippen molar-refractivity contribution in [3.8, 4) is 0 Å². The molecule has 2 nitrogen and oxygen atoms in total. The topological polar surface area (TPSA) is 18.5 Å². The van der Waals surface area contributed by atoms with Gasteiger partial charge in [0.2, 0.25) is 0 Å². The van der Waals surface area contributed by atoms with Gasteiger partial charge >= 0.3 is 6.61 Å². The van der Waals surface area contributed by atoms with E-state index >= 15 is 0 Å². The van der Waals surface area contributed by atoms with E-state index in [4.69, 9.17) is 4.74 Å². The normalized spacial score (nSPS) is 16.0. The Bertz CT molecular complexity index is 152. The average molecular weight is 224 g/mol. The lowest BCUT2D eigenvalue weighted by molar-refractivity contribution is -0.169. The number of alkyl halides is 2. The van der Waals surface area contributed by atoms with Crippen molar-refractivity contribution < 1.29 is 18.3 Å². The summed E-state index contributed by atoms with van der Waals surface area (Å²) < 4.78 is 33.7. The molecule has 0 aromatic carbocycles. The maximum atomic E-state index is 12.1. The van der Waals surface area contributed by atoms with Gasteiger partial charge in [-0.3, -0.25) is 0 Å². The van der Waals surface area contributed by atoms with Gasteiger partial charge in [-0.05, 0) is 24.7 Å². The minimum atomic E-state index is -2.68. The van der Waals surface area contributed by atoms with Gasteiger partial charge in [0.1, 0.15) is 0 Å². The first kappa shape index (κ1) is 14.8. The van der Waals surface area contributed by atoms with Crippen molar-refractivity contribution in [2.24, 2.45) is 11.8 Å². The summed E-state index contributed by atoms with van der Waals surface area (Å²) in [6, 6.07) is 0. The van der Waals surface area contributed by atoms with Crippen LogP contribution in [-0.4, -0.2) is 26.4 Å². The maximum absolute atomic E-state index is 12.1. The Kier molecular flexibility index (Phi) is 7.88.